The Morgan fingerprint density at radius 3 is 2.16 bits per heavy atom. The zero-order valence-electron chi connectivity index (χ0n) is 16.9. The average molecular weight is 420 g/mol. The SMILES string of the molecule is COc1ccc(/C=N\Nc2ccc(C(=O)Nc3ccc(OC)cc3)cc2[N+](=O)[O-])cc1. The molecule has 3 aromatic carbocycles. The van der Waals surface area contributed by atoms with Crippen molar-refractivity contribution in [1.82, 2.24) is 0 Å². The predicted octanol–water partition coefficient (Wildman–Crippen LogP) is 4.31. The van der Waals surface area contributed by atoms with Crippen molar-refractivity contribution in [2.45, 2.75) is 0 Å². The topological polar surface area (TPSA) is 115 Å². The summed E-state index contributed by atoms with van der Waals surface area (Å²) in [7, 11) is 3.12. The first-order chi connectivity index (χ1) is 15.0. The maximum absolute atomic E-state index is 12.5. The minimum absolute atomic E-state index is 0.146. The lowest BCUT2D eigenvalue weighted by atomic mass is 10.1. The molecule has 2 N–H and O–H groups in total. The fraction of sp³-hybridized carbons (Fsp3) is 0.0909. The molecule has 0 radical (unpaired) electrons. The third-order valence-corrected chi connectivity index (χ3v) is 4.32. The number of nitro groups is 1. The van der Waals surface area contributed by atoms with Gasteiger partial charge in [0.1, 0.15) is 17.2 Å². The molecule has 0 aliphatic rings. The second-order valence-electron chi connectivity index (χ2n) is 6.31. The van der Waals surface area contributed by atoms with Gasteiger partial charge in [0, 0.05) is 17.3 Å². The summed E-state index contributed by atoms with van der Waals surface area (Å²) < 4.78 is 10.2. The fourth-order valence-corrected chi connectivity index (χ4v) is 2.66. The number of nitrogens with zero attached hydrogens (tertiary/aromatic N) is 2. The second-order valence-corrected chi connectivity index (χ2v) is 6.31. The Bertz CT molecular complexity index is 1100. The summed E-state index contributed by atoms with van der Waals surface area (Å²) in [5, 5.41) is 18.2. The Kier molecular flexibility index (Phi) is 6.79. The molecule has 0 aliphatic heterocycles. The number of nitrogens with one attached hydrogen (secondary N) is 2. The number of methoxy groups -OCH3 is 2. The van der Waals surface area contributed by atoms with Gasteiger partial charge in [-0.15, -0.1) is 0 Å². The van der Waals surface area contributed by atoms with E-state index in [-0.39, 0.29) is 16.9 Å². The summed E-state index contributed by atoms with van der Waals surface area (Å²) in [6.07, 6.45) is 1.52. The highest BCUT2D eigenvalue weighted by Gasteiger charge is 2.17. The maximum Gasteiger partial charge on any atom is 0.294 e. The first-order valence-corrected chi connectivity index (χ1v) is 9.17. The van der Waals surface area contributed by atoms with Crippen LogP contribution >= 0.6 is 0 Å². The molecule has 9 nitrogen and oxygen atoms in total. The molecule has 9 heteroatoms. The molecule has 3 aromatic rings. The Balaban J connectivity index is 1.72. The van der Waals surface area contributed by atoms with Crippen LogP contribution in [0.25, 0.3) is 0 Å². The van der Waals surface area contributed by atoms with Crippen molar-refractivity contribution in [3.63, 3.8) is 0 Å². The molecule has 0 aromatic heterocycles. The minimum Gasteiger partial charge on any atom is -0.497 e. The Morgan fingerprint density at radius 1 is 0.968 bits per heavy atom. The van der Waals surface area contributed by atoms with Gasteiger partial charge in [-0.3, -0.25) is 20.3 Å². The van der Waals surface area contributed by atoms with Gasteiger partial charge in [0.2, 0.25) is 0 Å². The maximum atomic E-state index is 12.5. The first kappa shape index (κ1) is 21.3. The van der Waals surface area contributed by atoms with E-state index in [1.54, 1.807) is 62.8 Å². The highest BCUT2D eigenvalue weighted by atomic mass is 16.6. The van der Waals surface area contributed by atoms with Gasteiger partial charge in [-0.05, 0) is 66.2 Å². The van der Waals surface area contributed by atoms with Crippen LogP contribution in [0.4, 0.5) is 17.1 Å². The molecule has 0 spiro atoms. The van der Waals surface area contributed by atoms with Gasteiger partial charge in [0.15, 0.2) is 0 Å². The van der Waals surface area contributed by atoms with Gasteiger partial charge in [-0.2, -0.15) is 5.10 Å². The van der Waals surface area contributed by atoms with Gasteiger partial charge in [0.05, 0.1) is 25.4 Å². The highest BCUT2D eigenvalue weighted by Crippen LogP contribution is 2.26. The van der Waals surface area contributed by atoms with Crippen LogP contribution in [-0.4, -0.2) is 31.3 Å². The van der Waals surface area contributed by atoms with Crippen molar-refractivity contribution >= 4 is 29.2 Å². The van der Waals surface area contributed by atoms with E-state index in [4.69, 9.17) is 9.47 Å². The minimum atomic E-state index is -0.574. The van der Waals surface area contributed by atoms with Crippen molar-refractivity contribution < 1.29 is 19.2 Å². The van der Waals surface area contributed by atoms with Gasteiger partial charge < -0.3 is 14.8 Å². The molecular weight excluding hydrogens is 400 g/mol. The Hall–Kier alpha value is -4.40. The summed E-state index contributed by atoms with van der Waals surface area (Å²) in [5.74, 6) is 0.894. The van der Waals surface area contributed by atoms with Gasteiger partial charge in [-0.25, -0.2) is 0 Å². The molecule has 0 unspecified atom stereocenters. The van der Waals surface area contributed by atoms with Crippen LogP contribution < -0.4 is 20.2 Å². The normalized spacial score (nSPS) is 10.5. The average Bonchev–Trinajstić information content (AvgIpc) is 2.80. The van der Waals surface area contributed by atoms with Crippen LogP contribution in [0.5, 0.6) is 11.5 Å². The lowest BCUT2D eigenvalue weighted by molar-refractivity contribution is -0.384. The summed E-state index contributed by atoms with van der Waals surface area (Å²) in [4.78, 5) is 23.4. The molecule has 0 atom stereocenters. The molecule has 1 amide bonds. The van der Waals surface area contributed by atoms with E-state index >= 15 is 0 Å². The van der Waals surface area contributed by atoms with Crippen molar-refractivity contribution in [3.05, 3.63) is 88.0 Å². The zero-order chi connectivity index (χ0) is 22.2. The number of amides is 1. The first-order valence-electron chi connectivity index (χ1n) is 9.17. The number of benzene rings is 3. The number of carbonyl (C=O) groups excluding carboxylic acids is 1. The van der Waals surface area contributed by atoms with Crippen molar-refractivity contribution in [3.8, 4) is 11.5 Å². The van der Waals surface area contributed by atoms with Crippen LogP contribution in [0.15, 0.2) is 71.8 Å². The largest absolute Gasteiger partial charge is 0.497 e. The molecule has 3 rings (SSSR count). The third-order valence-electron chi connectivity index (χ3n) is 4.32. The summed E-state index contributed by atoms with van der Waals surface area (Å²) >= 11 is 0. The molecule has 31 heavy (non-hydrogen) atoms. The summed E-state index contributed by atoms with van der Waals surface area (Å²) in [6.45, 7) is 0. The van der Waals surface area contributed by atoms with Crippen LogP contribution in [-0.2, 0) is 0 Å². The number of nitro benzene ring substituents is 1. The van der Waals surface area contributed by atoms with E-state index in [1.165, 1.54) is 24.4 Å². The molecular formula is C22H20N4O5. The fourth-order valence-electron chi connectivity index (χ4n) is 2.66. The van der Waals surface area contributed by atoms with E-state index in [9.17, 15) is 14.9 Å². The van der Waals surface area contributed by atoms with Gasteiger partial charge >= 0.3 is 0 Å². The number of carbonyl (C=O) groups is 1. The summed E-state index contributed by atoms with van der Waals surface area (Å²) in [5.41, 5.74) is 4.02. The number of hydrogen-bond donors (Lipinski definition) is 2. The second kappa shape index (κ2) is 9.88. The van der Waals surface area contributed by atoms with Gasteiger partial charge in [-0.1, -0.05) is 0 Å². The van der Waals surface area contributed by atoms with E-state index < -0.39 is 10.8 Å². The summed E-state index contributed by atoms with van der Waals surface area (Å²) in [6, 6.07) is 18.0. The smallest absolute Gasteiger partial charge is 0.294 e. The quantitative estimate of drug-likeness (QED) is 0.319. The standard InChI is InChI=1S/C22H20N4O5/c1-30-18-8-3-15(4-9-18)14-23-25-20-12-5-16(13-21(20)26(28)29)22(27)24-17-6-10-19(31-2)11-7-17/h3-14,25H,1-2H3,(H,24,27)/b23-14-. The molecule has 158 valence electrons. The Morgan fingerprint density at radius 2 is 1.58 bits per heavy atom. The van der Waals surface area contributed by atoms with Crippen LogP contribution in [0.3, 0.4) is 0 Å². The Labute approximate surface area is 178 Å². The number of rotatable bonds is 8. The monoisotopic (exact) mass is 420 g/mol. The highest BCUT2D eigenvalue weighted by molar-refractivity contribution is 6.05. The van der Waals surface area contributed by atoms with Gasteiger partial charge in [0.25, 0.3) is 11.6 Å². The molecule has 0 heterocycles. The van der Waals surface area contributed by atoms with E-state index in [2.05, 4.69) is 15.8 Å². The third kappa shape index (κ3) is 5.57. The number of hydrazone groups is 1. The number of anilines is 2. The van der Waals surface area contributed by atoms with Crippen molar-refractivity contribution in [1.29, 1.82) is 0 Å². The number of ether oxygens (including phenoxy) is 2. The molecule has 0 aliphatic carbocycles. The van der Waals surface area contributed by atoms with E-state index in [0.29, 0.717) is 17.2 Å². The van der Waals surface area contributed by atoms with E-state index in [1.807, 2.05) is 0 Å². The lowest BCUT2D eigenvalue weighted by Gasteiger charge is -2.08. The predicted molar refractivity (Wildman–Crippen MR) is 118 cm³/mol. The van der Waals surface area contributed by atoms with Crippen LogP contribution in [0.2, 0.25) is 0 Å². The lowest BCUT2D eigenvalue weighted by Crippen LogP contribution is -2.12. The molecule has 0 fully saturated rings. The van der Waals surface area contributed by atoms with Crippen molar-refractivity contribution in [2.24, 2.45) is 5.10 Å². The zero-order valence-corrected chi connectivity index (χ0v) is 16.9. The van der Waals surface area contributed by atoms with Crippen LogP contribution in [0, 0.1) is 10.1 Å². The molecule has 0 saturated heterocycles. The molecule has 0 bridgehead atoms. The molecule has 0 saturated carbocycles. The van der Waals surface area contributed by atoms with Crippen molar-refractivity contribution in [2.75, 3.05) is 25.0 Å². The number of hydrogen-bond acceptors (Lipinski definition) is 7. The van der Waals surface area contributed by atoms with Crippen LogP contribution in [0.1, 0.15) is 15.9 Å². The van der Waals surface area contributed by atoms with E-state index in [0.717, 1.165) is 5.56 Å².